The SMILES string of the molecule is CCc1cc(CNC(=NC)NCCc2c[nH]c3ccc(F)cc23)on1.I. The standard InChI is InChI=1S/C18H22FN5O.HI/c1-3-14-9-15(25-24-14)11-23-18(20-2)21-7-6-12-10-22-17-5-4-13(19)8-16(12)17;/h4-5,8-10,22H,3,6-7,11H2,1-2H3,(H2,20,21,23);1H. The fourth-order valence-corrected chi connectivity index (χ4v) is 2.67. The van der Waals surface area contributed by atoms with Gasteiger partial charge in [0, 0.05) is 36.8 Å². The highest BCUT2D eigenvalue weighted by Crippen LogP contribution is 2.19. The summed E-state index contributed by atoms with van der Waals surface area (Å²) >= 11 is 0. The second kappa shape index (κ2) is 9.56. The minimum Gasteiger partial charge on any atom is -0.361 e. The zero-order valence-corrected chi connectivity index (χ0v) is 17.1. The van der Waals surface area contributed by atoms with Crippen molar-refractivity contribution in [1.82, 2.24) is 20.8 Å². The highest BCUT2D eigenvalue weighted by molar-refractivity contribution is 14.0. The van der Waals surface area contributed by atoms with Gasteiger partial charge < -0.3 is 20.1 Å². The molecule has 8 heteroatoms. The monoisotopic (exact) mass is 471 g/mol. The number of hydrogen-bond acceptors (Lipinski definition) is 3. The molecule has 140 valence electrons. The second-order valence-corrected chi connectivity index (χ2v) is 5.74. The largest absolute Gasteiger partial charge is 0.361 e. The van der Waals surface area contributed by atoms with Crippen LogP contribution in [0.5, 0.6) is 0 Å². The van der Waals surface area contributed by atoms with Gasteiger partial charge in [-0.1, -0.05) is 12.1 Å². The van der Waals surface area contributed by atoms with Crippen LogP contribution in [0.1, 0.15) is 23.9 Å². The molecule has 0 bridgehead atoms. The first-order valence-corrected chi connectivity index (χ1v) is 8.34. The molecular formula is C18H23FIN5O. The van der Waals surface area contributed by atoms with Gasteiger partial charge in [0.25, 0.3) is 0 Å². The van der Waals surface area contributed by atoms with Gasteiger partial charge >= 0.3 is 0 Å². The third-order valence-corrected chi connectivity index (χ3v) is 4.04. The molecule has 3 aromatic rings. The number of nitrogens with zero attached hydrogens (tertiary/aromatic N) is 2. The number of hydrogen-bond donors (Lipinski definition) is 3. The topological polar surface area (TPSA) is 78.2 Å². The summed E-state index contributed by atoms with van der Waals surface area (Å²) in [7, 11) is 1.72. The van der Waals surface area contributed by atoms with Crippen LogP contribution in [0.3, 0.4) is 0 Å². The molecule has 0 unspecified atom stereocenters. The van der Waals surface area contributed by atoms with Gasteiger partial charge in [-0.05, 0) is 36.6 Å². The van der Waals surface area contributed by atoms with E-state index in [-0.39, 0.29) is 29.8 Å². The smallest absolute Gasteiger partial charge is 0.191 e. The summed E-state index contributed by atoms with van der Waals surface area (Å²) in [6, 6.07) is 6.70. The van der Waals surface area contributed by atoms with E-state index in [1.165, 1.54) is 6.07 Å². The van der Waals surface area contributed by atoms with Crippen molar-refractivity contribution in [3.05, 3.63) is 53.3 Å². The molecule has 6 nitrogen and oxygen atoms in total. The van der Waals surface area contributed by atoms with E-state index in [1.54, 1.807) is 19.2 Å². The lowest BCUT2D eigenvalue weighted by atomic mass is 10.1. The maximum absolute atomic E-state index is 13.4. The summed E-state index contributed by atoms with van der Waals surface area (Å²) in [6.07, 6.45) is 3.52. The van der Waals surface area contributed by atoms with Crippen molar-refractivity contribution in [2.75, 3.05) is 13.6 Å². The molecule has 0 aliphatic carbocycles. The summed E-state index contributed by atoms with van der Waals surface area (Å²) in [5, 5.41) is 11.3. The Morgan fingerprint density at radius 1 is 1.31 bits per heavy atom. The number of aryl methyl sites for hydroxylation is 1. The van der Waals surface area contributed by atoms with Crippen LogP contribution in [0.4, 0.5) is 4.39 Å². The molecular weight excluding hydrogens is 448 g/mol. The van der Waals surface area contributed by atoms with Gasteiger partial charge in [0.05, 0.1) is 12.2 Å². The fourth-order valence-electron chi connectivity index (χ4n) is 2.67. The number of aromatic amines is 1. The molecule has 0 radical (unpaired) electrons. The first-order chi connectivity index (χ1) is 12.2. The molecule has 3 rings (SSSR count). The van der Waals surface area contributed by atoms with Crippen LogP contribution in [0.2, 0.25) is 0 Å². The minimum absolute atomic E-state index is 0. The van der Waals surface area contributed by atoms with Crippen molar-refractivity contribution < 1.29 is 8.91 Å². The Hall–Kier alpha value is -2.10. The number of aliphatic imine (C=N–C) groups is 1. The maximum Gasteiger partial charge on any atom is 0.191 e. The van der Waals surface area contributed by atoms with E-state index in [0.29, 0.717) is 19.0 Å². The van der Waals surface area contributed by atoms with E-state index in [4.69, 9.17) is 4.52 Å². The minimum atomic E-state index is -0.225. The Bertz CT molecular complexity index is 873. The third kappa shape index (κ3) is 4.96. The van der Waals surface area contributed by atoms with Gasteiger partial charge in [-0.3, -0.25) is 4.99 Å². The first kappa shape index (κ1) is 20.2. The molecule has 0 spiro atoms. The fraction of sp³-hybridized carbons (Fsp3) is 0.333. The number of benzene rings is 1. The van der Waals surface area contributed by atoms with Crippen LogP contribution >= 0.6 is 24.0 Å². The number of halogens is 2. The number of guanidine groups is 1. The molecule has 0 saturated heterocycles. The molecule has 0 atom stereocenters. The molecule has 0 aliphatic heterocycles. The number of aromatic nitrogens is 2. The van der Waals surface area contributed by atoms with E-state index in [0.717, 1.165) is 40.8 Å². The molecule has 3 N–H and O–H groups in total. The quantitative estimate of drug-likeness (QED) is 0.293. The molecule has 0 aliphatic rings. The Kier molecular flexibility index (Phi) is 7.43. The van der Waals surface area contributed by atoms with Crippen LogP contribution in [0.25, 0.3) is 10.9 Å². The van der Waals surface area contributed by atoms with Crippen LogP contribution in [0, 0.1) is 5.82 Å². The lowest BCUT2D eigenvalue weighted by Gasteiger charge is -2.10. The summed E-state index contributed by atoms with van der Waals surface area (Å²) in [5.74, 6) is 1.23. The maximum atomic E-state index is 13.4. The van der Waals surface area contributed by atoms with Crippen LogP contribution in [-0.2, 0) is 19.4 Å². The molecule has 0 fully saturated rings. The Morgan fingerprint density at radius 2 is 2.15 bits per heavy atom. The van der Waals surface area contributed by atoms with Gasteiger partial charge in [-0.15, -0.1) is 24.0 Å². The number of nitrogens with one attached hydrogen (secondary N) is 3. The van der Waals surface area contributed by atoms with Gasteiger partial charge in [-0.2, -0.15) is 0 Å². The predicted molar refractivity (Wildman–Crippen MR) is 111 cm³/mol. The number of fused-ring (bicyclic) bond motifs is 1. The van der Waals surface area contributed by atoms with Gasteiger partial charge in [0.1, 0.15) is 5.82 Å². The van der Waals surface area contributed by atoms with Crippen molar-refractivity contribution in [3.63, 3.8) is 0 Å². The average molecular weight is 471 g/mol. The normalized spacial score (nSPS) is 11.4. The van der Waals surface area contributed by atoms with E-state index >= 15 is 0 Å². The Morgan fingerprint density at radius 3 is 2.88 bits per heavy atom. The van der Waals surface area contributed by atoms with Crippen molar-refractivity contribution in [2.45, 2.75) is 26.3 Å². The lowest BCUT2D eigenvalue weighted by Crippen LogP contribution is -2.37. The lowest BCUT2D eigenvalue weighted by molar-refractivity contribution is 0.374. The summed E-state index contributed by atoms with van der Waals surface area (Å²) in [4.78, 5) is 7.35. The highest BCUT2D eigenvalue weighted by Gasteiger charge is 2.07. The molecule has 1 aromatic carbocycles. The number of rotatable bonds is 6. The predicted octanol–water partition coefficient (Wildman–Crippen LogP) is 3.38. The number of H-pyrrole nitrogens is 1. The van der Waals surface area contributed by atoms with Gasteiger partial charge in [-0.25, -0.2) is 4.39 Å². The van der Waals surface area contributed by atoms with Crippen molar-refractivity contribution in [3.8, 4) is 0 Å². The van der Waals surface area contributed by atoms with Crippen molar-refractivity contribution in [2.24, 2.45) is 4.99 Å². The van der Waals surface area contributed by atoms with Crippen LogP contribution < -0.4 is 10.6 Å². The zero-order valence-electron chi connectivity index (χ0n) is 14.8. The van der Waals surface area contributed by atoms with E-state index < -0.39 is 0 Å². The van der Waals surface area contributed by atoms with E-state index in [2.05, 4.69) is 25.8 Å². The van der Waals surface area contributed by atoms with E-state index in [9.17, 15) is 4.39 Å². The zero-order chi connectivity index (χ0) is 17.6. The molecule has 0 amide bonds. The van der Waals surface area contributed by atoms with Crippen molar-refractivity contribution in [1.29, 1.82) is 0 Å². The Balaban J connectivity index is 0.00000243. The summed E-state index contributed by atoms with van der Waals surface area (Å²) < 4.78 is 18.7. The Labute approximate surface area is 168 Å². The van der Waals surface area contributed by atoms with Gasteiger partial charge in [0.2, 0.25) is 0 Å². The molecule has 0 saturated carbocycles. The molecule has 26 heavy (non-hydrogen) atoms. The highest BCUT2D eigenvalue weighted by atomic mass is 127. The third-order valence-electron chi connectivity index (χ3n) is 4.04. The van der Waals surface area contributed by atoms with Crippen molar-refractivity contribution >= 4 is 40.8 Å². The molecule has 2 heterocycles. The van der Waals surface area contributed by atoms with Crippen LogP contribution in [-0.4, -0.2) is 29.7 Å². The average Bonchev–Trinajstić information content (AvgIpc) is 3.24. The van der Waals surface area contributed by atoms with E-state index in [1.807, 2.05) is 19.2 Å². The summed E-state index contributed by atoms with van der Waals surface area (Å²) in [6.45, 7) is 3.23. The second-order valence-electron chi connectivity index (χ2n) is 5.74. The first-order valence-electron chi connectivity index (χ1n) is 8.34. The summed E-state index contributed by atoms with van der Waals surface area (Å²) in [5.41, 5.74) is 2.95. The molecule has 2 aromatic heterocycles. The van der Waals surface area contributed by atoms with Crippen LogP contribution in [0.15, 0.2) is 40.0 Å². The van der Waals surface area contributed by atoms with Gasteiger partial charge in [0.15, 0.2) is 11.7 Å².